The molecule has 3 N–H and O–H groups in total. The Kier molecular flexibility index (Phi) is 31.3. The molecular weight excluding hydrogens is 346 g/mol. The summed E-state index contributed by atoms with van der Waals surface area (Å²) >= 11 is 0. The van der Waals surface area contributed by atoms with Crippen LogP contribution in [0.5, 0.6) is 0 Å². The van der Waals surface area contributed by atoms with Crippen LogP contribution in [0.4, 0.5) is 0 Å². The smallest absolute Gasteiger partial charge is 1.00 e. The molecule has 0 aromatic heterocycles. The van der Waals surface area contributed by atoms with Crippen LogP contribution < -0.4 is 24.8 Å². The van der Waals surface area contributed by atoms with Crippen LogP contribution in [0.15, 0.2) is 20.6 Å². The van der Waals surface area contributed by atoms with E-state index in [2.05, 4.69) is 20.6 Å². The van der Waals surface area contributed by atoms with Crippen LogP contribution in [-0.2, 0) is 16.8 Å². The normalized spacial score (nSPS) is 12.0. The van der Waals surface area contributed by atoms with Crippen LogP contribution in [0.3, 0.4) is 0 Å². The minimum atomic E-state index is 0. The third-order valence-electron chi connectivity index (χ3n) is 1.63. The molecule has 0 saturated carbocycles. The average molecular weight is 361 g/mol. The minimum Gasteiger partial charge on any atom is -1.00 e. The SMILES string of the molecule is CC(=N\O)/C(C)=N/O.CC(=N\[O-])/C(C)=N/O.[Cl-].[Cl-].[Co+3]. The first kappa shape index (κ1) is 30.8. The molecule has 0 unspecified atom stereocenters. The van der Waals surface area contributed by atoms with Gasteiger partial charge in [-0.1, -0.05) is 15.5 Å². The first-order chi connectivity index (χ1) is 7.44. The Hall–Kier alpha value is -1.03. The van der Waals surface area contributed by atoms with E-state index < -0.39 is 0 Å². The van der Waals surface area contributed by atoms with Crippen LogP contribution in [-0.4, -0.2) is 38.5 Å². The summed E-state index contributed by atoms with van der Waals surface area (Å²) in [5.74, 6) is 0. The standard InChI is InChI=1S/2C4H8N2O2.2ClH.Co/c2*1-3(5-7)4(2)6-8;;;/h2*7-8H,1-2H3;2*1H;/q;;;;+3/p-3/b2*5-3+,6-4+;;;. The predicted octanol–water partition coefficient (Wildman–Crippen LogP) is -4.51. The Morgan fingerprint density at radius 2 is 0.895 bits per heavy atom. The molecule has 0 aliphatic rings. The summed E-state index contributed by atoms with van der Waals surface area (Å²) in [4.78, 5) is 0. The molecular formula is C8H15Cl2CoN4O4. The molecule has 0 aliphatic carbocycles. The number of hydrogen-bond donors (Lipinski definition) is 3. The maximum Gasteiger partial charge on any atom is 3.00 e. The maximum atomic E-state index is 9.63. The fourth-order valence-corrected chi connectivity index (χ4v) is 0.283. The number of nitrogens with zero attached hydrogens (tertiary/aromatic N) is 4. The van der Waals surface area contributed by atoms with E-state index in [1.54, 1.807) is 0 Å². The fraction of sp³-hybridized carbons (Fsp3) is 0.500. The number of oxime groups is 3. The van der Waals surface area contributed by atoms with E-state index in [4.69, 9.17) is 15.6 Å². The average Bonchev–Trinajstić information content (AvgIpc) is 2.35. The Balaban J connectivity index is -0.0000000594. The third kappa shape index (κ3) is 17.0. The van der Waals surface area contributed by atoms with Gasteiger partial charge in [-0.3, -0.25) is 0 Å². The first-order valence-corrected chi connectivity index (χ1v) is 4.18. The topological polar surface area (TPSA) is 133 Å². The van der Waals surface area contributed by atoms with E-state index in [0.29, 0.717) is 11.4 Å². The van der Waals surface area contributed by atoms with Gasteiger partial charge in [-0.2, -0.15) is 0 Å². The second-order valence-corrected chi connectivity index (χ2v) is 2.73. The summed E-state index contributed by atoms with van der Waals surface area (Å²) in [6.07, 6.45) is 0. The van der Waals surface area contributed by atoms with E-state index in [1.807, 2.05) is 0 Å². The van der Waals surface area contributed by atoms with E-state index in [0.717, 1.165) is 0 Å². The van der Waals surface area contributed by atoms with Gasteiger partial charge in [-0.05, 0) is 27.7 Å². The number of hydrogen-bond acceptors (Lipinski definition) is 8. The van der Waals surface area contributed by atoms with Gasteiger partial charge < -0.3 is 50.8 Å². The van der Waals surface area contributed by atoms with Crippen LogP contribution >= 0.6 is 0 Å². The van der Waals surface area contributed by atoms with Gasteiger partial charge in [-0.25, -0.2) is 0 Å². The summed E-state index contributed by atoms with van der Waals surface area (Å²) < 4.78 is 0. The van der Waals surface area contributed by atoms with Crippen molar-refractivity contribution >= 4 is 22.8 Å². The zero-order valence-corrected chi connectivity index (χ0v) is 13.2. The molecule has 11 heteroatoms. The third-order valence-corrected chi connectivity index (χ3v) is 1.63. The van der Waals surface area contributed by atoms with Crippen molar-refractivity contribution in [2.75, 3.05) is 0 Å². The van der Waals surface area contributed by atoms with Crippen molar-refractivity contribution in [1.82, 2.24) is 0 Å². The molecule has 0 saturated heterocycles. The Labute approximate surface area is 134 Å². The second kappa shape index (κ2) is 19.3. The molecule has 8 nitrogen and oxygen atoms in total. The molecule has 0 radical (unpaired) electrons. The van der Waals surface area contributed by atoms with Crippen molar-refractivity contribution in [3.63, 3.8) is 0 Å². The van der Waals surface area contributed by atoms with E-state index in [9.17, 15) is 5.21 Å². The zero-order valence-electron chi connectivity index (χ0n) is 10.6. The molecule has 0 aliphatic heterocycles. The molecule has 0 heterocycles. The maximum absolute atomic E-state index is 9.63. The van der Waals surface area contributed by atoms with Crippen LogP contribution in [0.1, 0.15) is 27.7 Å². The van der Waals surface area contributed by atoms with Crippen molar-refractivity contribution in [2.45, 2.75) is 27.7 Å². The van der Waals surface area contributed by atoms with Crippen LogP contribution in [0.2, 0.25) is 0 Å². The molecule has 0 aromatic rings. The van der Waals surface area contributed by atoms with Crippen molar-refractivity contribution in [3.8, 4) is 0 Å². The van der Waals surface area contributed by atoms with Crippen molar-refractivity contribution in [2.24, 2.45) is 20.6 Å². The fourth-order valence-electron chi connectivity index (χ4n) is 0.283. The molecule has 0 spiro atoms. The molecule has 0 rings (SSSR count). The summed E-state index contributed by atoms with van der Waals surface area (Å²) in [5.41, 5.74) is 1.08. The summed E-state index contributed by atoms with van der Waals surface area (Å²) in [5, 5.41) is 44.5. The van der Waals surface area contributed by atoms with Gasteiger partial charge in [0.25, 0.3) is 0 Å². The monoisotopic (exact) mass is 360 g/mol. The molecule has 19 heavy (non-hydrogen) atoms. The summed E-state index contributed by atoms with van der Waals surface area (Å²) in [6, 6.07) is 0. The largest absolute Gasteiger partial charge is 3.00 e. The Bertz CT molecular complexity index is 271. The Morgan fingerprint density at radius 3 is 1.00 bits per heavy atom. The number of halogens is 2. The molecule has 0 aromatic carbocycles. The van der Waals surface area contributed by atoms with Crippen LogP contribution in [0, 0.1) is 5.21 Å². The van der Waals surface area contributed by atoms with Crippen molar-refractivity contribution in [1.29, 1.82) is 0 Å². The molecule has 0 amide bonds. The zero-order chi connectivity index (χ0) is 13.1. The van der Waals surface area contributed by atoms with Crippen molar-refractivity contribution < 1.29 is 57.2 Å². The molecule has 0 fully saturated rings. The van der Waals surface area contributed by atoms with Gasteiger partial charge in [0, 0.05) is 0 Å². The van der Waals surface area contributed by atoms with Gasteiger partial charge in [0.05, 0.1) is 11.4 Å². The van der Waals surface area contributed by atoms with Gasteiger partial charge in [-0.15, -0.1) is 0 Å². The van der Waals surface area contributed by atoms with E-state index in [-0.39, 0.29) is 53.0 Å². The first-order valence-electron chi connectivity index (χ1n) is 4.18. The Morgan fingerprint density at radius 1 is 0.684 bits per heavy atom. The minimum absolute atomic E-state index is 0. The molecule has 0 atom stereocenters. The van der Waals surface area contributed by atoms with Gasteiger partial charge in [0.15, 0.2) is 0 Å². The summed E-state index contributed by atoms with van der Waals surface area (Å²) in [6.45, 7) is 6.04. The molecule has 0 bridgehead atoms. The van der Waals surface area contributed by atoms with Gasteiger partial charge >= 0.3 is 16.8 Å². The van der Waals surface area contributed by atoms with Gasteiger partial charge in [0.1, 0.15) is 11.4 Å². The molecule has 114 valence electrons. The van der Waals surface area contributed by atoms with Gasteiger partial charge in [0.2, 0.25) is 0 Å². The quantitative estimate of drug-likeness (QED) is 0.260. The number of rotatable bonds is 2. The van der Waals surface area contributed by atoms with E-state index >= 15 is 0 Å². The van der Waals surface area contributed by atoms with Crippen LogP contribution in [0.25, 0.3) is 0 Å². The summed E-state index contributed by atoms with van der Waals surface area (Å²) in [7, 11) is 0. The van der Waals surface area contributed by atoms with E-state index in [1.165, 1.54) is 27.7 Å². The van der Waals surface area contributed by atoms with Crippen molar-refractivity contribution in [3.05, 3.63) is 5.21 Å². The second-order valence-electron chi connectivity index (χ2n) is 2.73. The predicted molar refractivity (Wildman–Crippen MR) is 61.2 cm³/mol.